The number of pyridine rings is 1. The van der Waals surface area contributed by atoms with Crippen molar-refractivity contribution in [3.05, 3.63) is 33.1 Å². The maximum Gasteiger partial charge on any atom is 0.278 e. The van der Waals surface area contributed by atoms with Crippen LogP contribution in [0.3, 0.4) is 0 Å². The molecule has 0 spiro atoms. The fraction of sp³-hybridized carbons (Fsp3) is 0.615. The molecule has 1 aromatic heterocycles. The van der Waals surface area contributed by atoms with E-state index >= 15 is 0 Å². The highest BCUT2D eigenvalue weighted by molar-refractivity contribution is 5.47. The SMILES string of the molecule is Cc1cnc(CNC(C)C(C)CO)c(C)c1[N+](=O)[O-]. The van der Waals surface area contributed by atoms with E-state index in [1.807, 2.05) is 13.8 Å². The molecular weight excluding hydrogens is 246 g/mol. The van der Waals surface area contributed by atoms with Gasteiger partial charge in [-0.1, -0.05) is 6.92 Å². The fourth-order valence-electron chi connectivity index (χ4n) is 1.84. The molecule has 106 valence electrons. The number of nitrogens with zero attached hydrogens (tertiary/aromatic N) is 2. The van der Waals surface area contributed by atoms with Crippen LogP contribution in [0.1, 0.15) is 30.7 Å². The van der Waals surface area contributed by atoms with E-state index in [1.165, 1.54) is 6.20 Å². The lowest BCUT2D eigenvalue weighted by molar-refractivity contribution is -0.386. The molecule has 1 aromatic rings. The van der Waals surface area contributed by atoms with E-state index in [0.717, 1.165) is 0 Å². The first-order valence-electron chi connectivity index (χ1n) is 6.32. The Morgan fingerprint density at radius 1 is 1.47 bits per heavy atom. The molecule has 0 bridgehead atoms. The summed E-state index contributed by atoms with van der Waals surface area (Å²) >= 11 is 0. The second kappa shape index (κ2) is 6.58. The van der Waals surface area contributed by atoms with Crippen LogP contribution >= 0.6 is 0 Å². The smallest absolute Gasteiger partial charge is 0.278 e. The summed E-state index contributed by atoms with van der Waals surface area (Å²) in [5.41, 5.74) is 1.98. The first-order chi connectivity index (χ1) is 8.88. The van der Waals surface area contributed by atoms with Crippen molar-refractivity contribution in [2.24, 2.45) is 5.92 Å². The molecule has 6 nitrogen and oxygen atoms in total. The number of rotatable bonds is 6. The van der Waals surface area contributed by atoms with Crippen molar-refractivity contribution in [1.29, 1.82) is 0 Å². The number of aryl methyl sites for hydroxylation is 1. The van der Waals surface area contributed by atoms with Gasteiger partial charge in [0.15, 0.2) is 0 Å². The van der Waals surface area contributed by atoms with Gasteiger partial charge in [0.25, 0.3) is 5.69 Å². The molecule has 0 saturated heterocycles. The van der Waals surface area contributed by atoms with E-state index in [-0.39, 0.29) is 29.2 Å². The van der Waals surface area contributed by atoms with Gasteiger partial charge in [-0.25, -0.2) is 0 Å². The van der Waals surface area contributed by atoms with Crippen LogP contribution in [0.5, 0.6) is 0 Å². The van der Waals surface area contributed by atoms with Gasteiger partial charge in [0.2, 0.25) is 0 Å². The van der Waals surface area contributed by atoms with Crippen molar-refractivity contribution in [1.82, 2.24) is 10.3 Å². The molecule has 0 radical (unpaired) electrons. The summed E-state index contributed by atoms with van der Waals surface area (Å²) in [4.78, 5) is 14.9. The van der Waals surface area contributed by atoms with Gasteiger partial charge in [-0.15, -0.1) is 0 Å². The van der Waals surface area contributed by atoms with E-state index < -0.39 is 0 Å². The highest BCUT2D eigenvalue weighted by Crippen LogP contribution is 2.24. The Labute approximate surface area is 113 Å². The lowest BCUT2D eigenvalue weighted by atomic mass is 10.0. The molecule has 0 saturated carbocycles. The van der Waals surface area contributed by atoms with E-state index in [1.54, 1.807) is 13.8 Å². The monoisotopic (exact) mass is 267 g/mol. The largest absolute Gasteiger partial charge is 0.396 e. The minimum atomic E-state index is -0.365. The van der Waals surface area contributed by atoms with Crippen LogP contribution in [0, 0.1) is 29.9 Å². The summed E-state index contributed by atoms with van der Waals surface area (Å²) < 4.78 is 0. The summed E-state index contributed by atoms with van der Waals surface area (Å²) in [6.45, 7) is 7.88. The van der Waals surface area contributed by atoms with E-state index in [4.69, 9.17) is 5.11 Å². The van der Waals surface area contributed by atoms with Gasteiger partial charge in [-0.2, -0.15) is 0 Å². The molecule has 0 amide bonds. The van der Waals surface area contributed by atoms with Crippen LogP contribution in [0.4, 0.5) is 5.69 Å². The van der Waals surface area contributed by atoms with Crippen LogP contribution in [-0.2, 0) is 6.54 Å². The standard InChI is InChI=1S/C13H21N3O3/c1-8-5-15-12(10(3)13(8)16(18)19)6-14-11(4)9(2)7-17/h5,9,11,14,17H,6-7H2,1-4H3. The number of aromatic nitrogens is 1. The molecule has 0 aliphatic carbocycles. The molecule has 0 aliphatic rings. The molecular formula is C13H21N3O3. The zero-order chi connectivity index (χ0) is 14.6. The van der Waals surface area contributed by atoms with Gasteiger partial charge in [0, 0.05) is 36.5 Å². The molecule has 1 rings (SSSR count). The predicted octanol–water partition coefficient (Wildman–Crippen LogP) is 1.71. The summed E-state index contributed by atoms with van der Waals surface area (Å²) in [6, 6.07) is 0.117. The first-order valence-corrected chi connectivity index (χ1v) is 6.32. The topological polar surface area (TPSA) is 88.3 Å². The third-order valence-corrected chi connectivity index (χ3v) is 3.49. The van der Waals surface area contributed by atoms with Gasteiger partial charge in [-0.3, -0.25) is 15.1 Å². The van der Waals surface area contributed by atoms with Crippen molar-refractivity contribution in [3.8, 4) is 0 Å². The van der Waals surface area contributed by atoms with Crippen molar-refractivity contribution < 1.29 is 10.0 Å². The molecule has 19 heavy (non-hydrogen) atoms. The van der Waals surface area contributed by atoms with Crippen molar-refractivity contribution in [2.45, 2.75) is 40.3 Å². The van der Waals surface area contributed by atoms with E-state index in [0.29, 0.717) is 23.4 Å². The summed E-state index contributed by atoms with van der Waals surface area (Å²) in [7, 11) is 0. The highest BCUT2D eigenvalue weighted by Gasteiger charge is 2.19. The average molecular weight is 267 g/mol. The molecule has 0 fully saturated rings. The maximum atomic E-state index is 11.0. The number of aliphatic hydroxyl groups excluding tert-OH is 1. The molecule has 6 heteroatoms. The van der Waals surface area contributed by atoms with Gasteiger partial charge < -0.3 is 10.4 Å². The second-order valence-corrected chi connectivity index (χ2v) is 4.95. The van der Waals surface area contributed by atoms with Crippen LogP contribution < -0.4 is 5.32 Å². The molecule has 2 N–H and O–H groups in total. The maximum absolute atomic E-state index is 11.0. The molecule has 0 aromatic carbocycles. The number of hydrogen-bond donors (Lipinski definition) is 2. The van der Waals surface area contributed by atoms with Crippen LogP contribution in [0.15, 0.2) is 6.20 Å². The Balaban J connectivity index is 2.86. The lowest BCUT2D eigenvalue weighted by Crippen LogP contribution is -2.33. The lowest BCUT2D eigenvalue weighted by Gasteiger charge is -2.19. The van der Waals surface area contributed by atoms with Crippen LogP contribution in [0.25, 0.3) is 0 Å². The Bertz CT molecular complexity index is 463. The van der Waals surface area contributed by atoms with Crippen molar-refractivity contribution in [3.63, 3.8) is 0 Å². The first kappa shape index (κ1) is 15.5. The Morgan fingerprint density at radius 3 is 2.63 bits per heavy atom. The number of hydrogen-bond acceptors (Lipinski definition) is 5. The van der Waals surface area contributed by atoms with Crippen molar-refractivity contribution in [2.75, 3.05) is 6.61 Å². The third kappa shape index (κ3) is 3.71. The minimum Gasteiger partial charge on any atom is -0.396 e. The summed E-state index contributed by atoms with van der Waals surface area (Å²) in [6.07, 6.45) is 1.53. The predicted molar refractivity (Wildman–Crippen MR) is 72.9 cm³/mol. The van der Waals surface area contributed by atoms with Gasteiger partial charge in [-0.05, 0) is 26.7 Å². The van der Waals surface area contributed by atoms with Gasteiger partial charge in [0.1, 0.15) is 0 Å². The molecule has 1 heterocycles. The summed E-state index contributed by atoms with van der Waals surface area (Å²) in [5, 5.41) is 23.3. The van der Waals surface area contributed by atoms with Crippen LogP contribution in [0.2, 0.25) is 0 Å². The summed E-state index contributed by atoms with van der Waals surface area (Å²) in [5.74, 6) is 0.126. The Morgan fingerprint density at radius 2 is 2.11 bits per heavy atom. The van der Waals surface area contributed by atoms with Crippen molar-refractivity contribution >= 4 is 5.69 Å². The average Bonchev–Trinajstić information content (AvgIpc) is 2.36. The minimum absolute atomic E-state index is 0.106. The molecule has 0 aliphatic heterocycles. The zero-order valence-electron chi connectivity index (χ0n) is 11.8. The number of nitro groups is 1. The normalized spacial score (nSPS) is 14.2. The van der Waals surface area contributed by atoms with Gasteiger partial charge >= 0.3 is 0 Å². The quantitative estimate of drug-likeness (QED) is 0.605. The number of aliphatic hydroxyl groups is 1. The second-order valence-electron chi connectivity index (χ2n) is 4.95. The van der Waals surface area contributed by atoms with E-state index in [9.17, 15) is 10.1 Å². The molecule has 2 atom stereocenters. The Hall–Kier alpha value is -1.53. The zero-order valence-corrected chi connectivity index (χ0v) is 11.8. The fourth-order valence-corrected chi connectivity index (χ4v) is 1.84. The molecule has 2 unspecified atom stereocenters. The Kier molecular flexibility index (Phi) is 5.38. The van der Waals surface area contributed by atoms with Crippen LogP contribution in [-0.4, -0.2) is 27.7 Å². The highest BCUT2D eigenvalue weighted by atomic mass is 16.6. The van der Waals surface area contributed by atoms with E-state index in [2.05, 4.69) is 10.3 Å². The van der Waals surface area contributed by atoms with Gasteiger partial charge in [0.05, 0.1) is 10.6 Å². The third-order valence-electron chi connectivity index (χ3n) is 3.49. The number of nitrogens with one attached hydrogen (secondary N) is 1.